The van der Waals surface area contributed by atoms with Gasteiger partial charge in [-0.1, -0.05) is 59.8 Å². The van der Waals surface area contributed by atoms with Crippen molar-refractivity contribution in [3.8, 4) is 0 Å². The molecule has 1 unspecified atom stereocenters. The molecule has 0 aromatic rings. The minimum atomic E-state index is 0.150. The van der Waals surface area contributed by atoms with Crippen molar-refractivity contribution < 1.29 is 4.79 Å². The fourth-order valence-corrected chi connectivity index (χ4v) is 1.60. The zero-order valence-electron chi connectivity index (χ0n) is 12.4. The summed E-state index contributed by atoms with van der Waals surface area (Å²) in [6.07, 6.45) is 8.11. The average Bonchev–Trinajstić information content (AvgIpc) is 2.21. The Morgan fingerprint density at radius 3 is 2.12 bits per heavy atom. The standard InChI is InChI=1S/C15H31NO/c1-6-7-8-9-10-11-12-14(17)16-13(2)15(3,4)5/h13H,6-12H2,1-5H3,(H,16,17). The van der Waals surface area contributed by atoms with Crippen molar-refractivity contribution in [2.24, 2.45) is 5.41 Å². The molecule has 1 amide bonds. The Balaban J connectivity index is 3.53. The summed E-state index contributed by atoms with van der Waals surface area (Å²) < 4.78 is 0. The van der Waals surface area contributed by atoms with Gasteiger partial charge in [-0.15, -0.1) is 0 Å². The van der Waals surface area contributed by atoms with E-state index in [0.29, 0.717) is 6.42 Å². The highest BCUT2D eigenvalue weighted by Crippen LogP contribution is 2.18. The van der Waals surface area contributed by atoms with Gasteiger partial charge in [0.25, 0.3) is 0 Å². The molecule has 0 aliphatic carbocycles. The molecule has 0 heterocycles. The van der Waals surface area contributed by atoms with Gasteiger partial charge in [0.2, 0.25) is 5.91 Å². The third kappa shape index (κ3) is 9.20. The summed E-state index contributed by atoms with van der Waals surface area (Å²) in [6.45, 7) is 10.8. The van der Waals surface area contributed by atoms with Gasteiger partial charge in [0.05, 0.1) is 0 Å². The van der Waals surface area contributed by atoms with E-state index in [-0.39, 0.29) is 17.4 Å². The van der Waals surface area contributed by atoms with E-state index < -0.39 is 0 Å². The van der Waals surface area contributed by atoms with Crippen molar-refractivity contribution in [1.29, 1.82) is 0 Å². The molecular formula is C15H31NO. The second-order valence-electron chi connectivity index (χ2n) is 6.17. The Hall–Kier alpha value is -0.530. The summed E-state index contributed by atoms with van der Waals surface area (Å²) in [5, 5.41) is 3.08. The second kappa shape index (κ2) is 8.54. The van der Waals surface area contributed by atoms with Crippen LogP contribution in [0.3, 0.4) is 0 Å². The quantitative estimate of drug-likeness (QED) is 0.631. The monoisotopic (exact) mass is 241 g/mol. The van der Waals surface area contributed by atoms with Gasteiger partial charge in [0, 0.05) is 12.5 Å². The van der Waals surface area contributed by atoms with Crippen molar-refractivity contribution in [1.82, 2.24) is 5.32 Å². The van der Waals surface area contributed by atoms with E-state index in [2.05, 4.69) is 39.9 Å². The van der Waals surface area contributed by atoms with Crippen LogP contribution in [-0.4, -0.2) is 11.9 Å². The summed E-state index contributed by atoms with van der Waals surface area (Å²) in [4.78, 5) is 11.7. The van der Waals surface area contributed by atoms with Gasteiger partial charge in [-0.2, -0.15) is 0 Å². The first-order chi connectivity index (χ1) is 7.88. The van der Waals surface area contributed by atoms with E-state index in [4.69, 9.17) is 0 Å². The zero-order valence-corrected chi connectivity index (χ0v) is 12.4. The van der Waals surface area contributed by atoms with Gasteiger partial charge in [0.1, 0.15) is 0 Å². The van der Waals surface area contributed by atoms with Gasteiger partial charge in [-0.05, 0) is 18.8 Å². The maximum Gasteiger partial charge on any atom is 0.220 e. The third-order valence-corrected chi connectivity index (χ3v) is 3.43. The lowest BCUT2D eigenvalue weighted by Crippen LogP contribution is -2.41. The van der Waals surface area contributed by atoms with Gasteiger partial charge in [-0.25, -0.2) is 0 Å². The summed E-state index contributed by atoms with van der Waals surface area (Å²) in [7, 11) is 0. The number of unbranched alkanes of at least 4 members (excludes halogenated alkanes) is 5. The van der Waals surface area contributed by atoms with Crippen LogP contribution in [0, 0.1) is 5.41 Å². The Bertz CT molecular complexity index is 205. The van der Waals surface area contributed by atoms with Crippen LogP contribution < -0.4 is 5.32 Å². The van der Waals surface area contributed by atoms with Gasteiger partial charge in [0.15, 0.2) is 0 Å². The summed E-state index contributed by atoms with van der Waals surface area (Å²) in [5.74, 6) is 0.211. The molecule has 1 N–H and O–H groups in total. The van der Waals surface area contributed by atoms with E-state index in [9.17, 15) is 4.79 Å². The molecule has 1 atom stereocenters. The molecular weight excluding hydrogens is 210 g/mol. The fraction of sp³-hybridized carbons (Fsp3) is 0.933. The van der Waals surface area contributed by atoms with Crippen molar-refractivity contribution >= 4 is 5.91 Å². The molecule has 0 bridgehead atoms. The molecule has 0 fully saturated rings. The first-order valence-corrected chi connectivity index (χ1v) is 7.17. The van der Waals surface area contributed by atoms with Crippen molar-refractivity contribution in [3.63, 3.8) is 0 Å². The minimum absolute atomic E-state index is 0.150. The van der Waals surface area contributed by atoms with Crippen LogP contribution in [0.25, 0.3) is 0 Å². The summed E-state index contributed by atoms with van der Waals surface area (Å²) >= 11 is 0. The minimum Gasteiger partial charge on any atom is -0.353 e. The Kier molecular flexibility index (Phi) is 8.28. The highest BCUT2D eigenvalue weighted by molar-refractivity contribution is 5.76. The van der Waals surface area contributed by atoms with E-state index in [1.165, 1.54) is 32.1 Å². The predicted molar refractivity (Wildman–Crippen MR) is 75.1 cm³/mol. The lowest BCUT2D eigenvalue weighted by molar-refractivity contribution is -0.122. The largest absolute Gasteiger partial charge is 0.353 e. The molecule has 0 radical (unpaired) electrons. The Labute approximate surface area is 108 Å². The third-order valence-electron chi connectivity index (χ3n) is 3.43. The maximum atomic E-state index is 11.7. The lowest BCUT2D eigenvalue weighted by Gasteiger charge is -2.28. The molecule has 2 heteroatoms. The molecule has 0 aliphatic heterocycles. The SMILES string of the molecule is CCCCCCCCC(=O)NC(C)C(C)(C)C. The van der Waals surface area contributed by atoms with Crippen molar-refractivity contribution in [3.05, 3.63) is 0 Å². The molecule has 2 nitrogen and oxygen atoms in total. The Morgan fingerprint density at radius 1 is 1.06 bits per heavy atom. The van der Waals surface area contributed by atoms with Crippen LogP contribution >= 0.6 is 0 Å². The predicted octanol–water partition coefficient (Wildman–Crippen LogP) is 4.29. The molecule has 0 aliphatic rings. The van der Waals surface area contributed by atoms with E-state index in [1.54, 1.807) is 0 Å². The van der Waals surface area contributed by atoms with Gasteiger partial charge >= 0.3 is 0 Å². The smallest absolute Gasteiger partial charge is 0.220 e. The molecule has 0 saturated carbocycles. The average molecular weight is 241 g/mol. The highest BCUT2D eigenvalue weighted by atomic mass is 16.1. The lowest BCUT2D eigenvalue weighted by atomic mass is 9.88. The Morgan fingerprint density at radius 2 is 1.59 bits per heavy atom. The molecule has 0 aromatic carbocycles. The van der Waals surface area contributed by atoms with Gasteiger partial charge in [-0.3, -0.25) is 4.79 Å². The van der Waals surface area contributed by atoms with Crippen molar-refractivity contribution in [2.45, 2.75) is 85.6 Å². The molecule has 0 spiro atoms. The molecule has 0 rings (SSSR count). The highest BCUT2D eigenvalue weighted by Gasteiger charge is 2.21. The molecule has 102 valence electrons. The summed E-state index contributed by atoms with van der Waals surface area (Å²) in [5.41, 5.74) is 0.150. The number of carbonyl (C=O) groups excluding carboxylic acids is 1. The number of carbonyl (C=O) groups is 1. The number of rotatable bonds is 8. The number of nitrogens with one attached hydrogen (secondary N) is 1. The van der Waals surface area contributed by atoms with Crippen molar-refractivity contribution in [2.75, 3.05) is 0 Å². The van der Waals surface area contributed by atoms with E-state index in [1.807, 2.05) is 0 Å². The van der Waals surface area contributed by atoms with Crippen LogP contribution in [0.5, 0.6) is 0 Å². The number of amides is 1. The van der Waals surface area contributed by atoms with Crippen LogP contribution in [-0.2, 0) is 4.79 Å². The van der Waals surface area contributed by atoms with E-state index >= 15 is 0 Å². The molecule has 0 aromatic heterocycles. The second-order valence-corrected chi connectivity index (χ2v) is 6.17. The fourth-order valence-electron chi connectivity index (χ4n) is 1.60. The number of hydrogen-bond donors (Lipinski definition) is 1. The van der Waals surface area contributed by atoms with Crippen LogP contribution in [0.1, 0.15) is 79.6 Å². The first kappa shape index (κ1) is 16.5. The maximum absolute atomic E-state index is 11.7. The topological polar surface area (TPSA) is 29.1 Å². The van der Waals surface area contributed by atoms with E-state index in [0.717, 1.165) is 6.42 Å². The molecule has 0 saturated heterocycles. The number of hydrogen-bond acceptors (Lipinski definition) is 1. The van der Waals surface area contributed by atoms with Crippen LogP contribution in [0.2, 0.25) is 0 Å². The zero-order chi connectivity index (χ0) is 13.3. The molecule has 17 heavy (non-hydrogen) atoms. The van der Waals surface area contributed by atoms with Crippen LogP contribution in [0.15, 0.2) is 0 Å². The normalized spacial score (nSPS) is 13.5. The van der Waals surface area contributed by atoms with Gasteiger partial charge < -0.3 is 5.32 Å². The first-order valence-electron chi connectivity index (χ1n) is 7.17. The van der Waals surface area contributed by atoms with Crippen LogP contribution in [0.4, 0.5) is 0 Å². The summed E-state index contributed by atoms with van der Waals surface area (Å²) in [6, 6.07) is 0.245.